The molecular weight excluding hydrogens is 336 g/mol. The van der Waals surface area contributed by atoms with Crippen LogP contribution in [-0.2, 0) is 14.6 Å². The number of carbonyl (C=O) groups is 1. The van der Waals surface area contributed by atoms with Crippen LogP contribution in [0.2, 0.25) is 0 Å². The summed E-state index contributed by atoms with van der Waals surface area (Å²) in [6, 6.07) is 5.45. The molecule has 0 aliphatic carbocycles. The highest BCUT2D eigenvalue weighted by molar-refractivity contribution is 7.91. The van der Waals surface area contributed by atoms with E-state index in [1.54, 1.807) is 13.0 Å². The first-order valence-corrected chi connectivity index (χ1v) is 9.48. The fourth-order valence-electron chi connectivity index (χ4n) is 2.80. The van der Waals surface area contributed by atoms with E-state index in [4.69, 9.17) is 4.74 Å². The molecule has 1 amide bonds. The first-order valence-electron chi connectivity index (χ1n) is 7.66. The second-order valence-electron chi connectivity index (χ2n) is 5.67. The highest BCUT2D eigenvalue weighted by Crippen LogP contribution is 2.27. The van der Waals surface area contributed by atoms with Gasteiger partial charge < -0.3 is 9.64 Å². The molecule has 1 aliphatic rings. The lowest BCUT2D eigenvalue weighted by Gasteiger charge is -2.29. The van der Waals surface area contributed by atoms with E-state index in [1.165, 1.54) is 30.0 Å². The predicted octanol–water partition coefficient (Wildman–Crippen LogP) is 1.40. The van der Waals surface area contributed by atoms with Gasteiger partial charge in [-0.3, -0.25) is 14.9 Å². The number of nitrogens with zero attached hydrogens (tertiary/aromatic N) is 2. The Bertz CT molecular complexity index is 733. The minimum Gasteiger partial charge on any atom is -0.474 e. The molecule has 1 aliphatic heterocycles. The number of para-hydroxylation sites is 2. The number of ether oxygens (including phenoxy) is 1. The number of nitro groups is 1. The van der Waals surface area contributed by atoms with E-state index >= 15 is 0 Å². The van der Waals surface area contributed by atoms with Crippen LogP contribution in [0.3, 0.4) is 0 Å². The van der Waals surface area contributed by atoms with Crippen molar-refractivity contribution in [3.05, 3.63) is 34.4 Å². The second-order valence-corrected chi connectivity index (χ2v) is 7.89. The van der Waals surface area contributed by atoms with Crippen molar-refractivity contribution < 1.29 is 22.9 Å². The number of likely N-dealkylation sites (N-methyl/N-ethyl adjacent to an activating group) is 1. The Morgan fingerprint density at radius 1 is 1.46 bits per heavy atom. The molecular formula is C15H20N2O6S. The number of amides is 1. The molecule has 0 saturated carbocycles. The van der Waals surface area contributed by atoms with Crippen LogP contribution in [0.15, 0.2) is 24.3 Å². The van der Waals surface area contributed by atoms with E-state index in [-0.39, 0.29) is 34.9 Å². The average Bonchev–Trinajstić information content (AvgIpc) is 2.88. The lowest BCUT2D eigenvalue weighted by atomic mass is 10.2. The third-order valence-corrected chi connectivity index (χ3v) is 5.74. The molecule has 0 bridgehead atoms. The van der Waals surface area contributed by atoms with Crippen molar-refractivity contribution in [3.63, 3.8) is 0 Å². The Morgan fingerprint density at radius 2 is 2.12 bits per heavy atom. The Balaban J connectivity index is 2.12. The number of sulfone groups is 1. The first kappa shape index (κ1) is 18.2. The Labute approximate surface area is 140 Å². The maximum absolute atomic E-state index is 12.6. The molecule has 8 nitrogen and oxygen atoms in total. The zero-order chi connectivity index (χ0) is 17.9. The molecule has 0 unspecified atom stereocenters. The average molecular weight is 356 g/mol. The topological polar surface area (TPSA) is 107 Å². The van der Waals surface area contributed by atoms with Crippen LogP contribution in [0.1, 0.15) is 20.3 Å². The SMILES string of the molecule is CCN(C(=O)[C@H](C)Oc1ccccc1[N+](=O)[O-])[C@H]1CCS(=O)(=O)C1. The van der Waals surface area contributed by atoms with Gasteiger partial charge in [0.05, 0.1) is 16.4 Å². The van der Waals surface area contributed by atoms with Crippen LogP contribution in [0.25, 0.3) is 0 Å². The summed E-state index contributed by atoms with van der Waals surface area (Å²) in [5, 5.41) is 11.0. The molecule has 2 rings (SSSR count). The van der Waals surface area contributed by atoms with Crippen LogP contribution >= 0.6 is 0 Å². The smallest absolute Gasteiger partial charge is 0.310 e. The molecule has 1 aromatic carbocycles. The van der Waals surface area contributed by atoms with Crippen molar-refractivity contribution in [2.75, 3.05) is 18.1 Å². The van der Waals surface area contributed by atoms with Crippen LogP contribution in [-0.4, -0.2) is 54.3 Å². The van der Waals surface area contributed by atoms with Gasteiger partial charge in [0, 0.05) is 18.7 Å². The van der Waals surface area contributed by atoms with Crippen molar-refractivity contribution in [1.29, 1.82) is 0 Å². The third kappa shape index (κ3) is 4.02. The summed E-state index contributed by atoms with van der Waals surface area (Å²) in [6.07, 6.45) is -0.547. The molecule has 1 aromatic rings. The Hall–Kier alpha value is -2.16. The molecule has 1 saturated heterocycles. The number of carbonyl (C=O) groups excluding carboxylic acids is 1. The minimum atomic E-state index is -3.11. The molecule has 9 heteroatoms. The number of hydrogen-bond donors (Lipinski definition) is 0. The number of hydrogen-bond acceptors (Lipinski definition) is 6. The maximum Gasteiger partial charge on any atom is 0.310 e. The summed E-state index contributed by atoms with van der Waals surface area (Å²) in [7, 11) is -3.11. The van der Waals surface area contributed by atoms with E-state index in [1.807, 2.05) is 0 Å². The zero-order valence-corrected chi connectivity index (χ0v) is 14.4. The van der Waals surface area contributed by atoms with Crippen LogP contribution in [0, 0.1) is 10.1 Å². The van der Waals surface area contributed by atoms with E-state index in [9.17, 15) is 23.3 Å². The normalized spacial score (nSPS) is 20.3. The van der Waals surface area contributed by atoms with Gasteiger partial charge in [0.15, 0.2) is 21.7 Å². The zero-order valence-electron chi connectivity index (χ0n) is 13.5. The quantitative estimate of drug-likeness (QED) is 0.563. The fraction of sp³-hybridized carbons (Fsp3) is 0.533. The first-order chi connectivity index (χ1) is 11.2. The highest BCUT2D eigenvalue weighted by Gasteiger charge is 2.36. The molecule has 132 valence electrons. The molecule has 24 heavy (non-hydrogen) atoms. The molecule has 0 aromatic heterocycles. The predicted molar refractivity (Wildman–Crippen MR) is 87.6 cm³/mol. The van der Waals surface area contributed by atoms with Gasteiger partial charge in [-0.15, -0.1) is 0 Å². The summed E-state index contributed by atoms with van der Waals surface area (Å²) in [5.41, 5.74) is -0.219. The molecule has 1 fully saturated rings. The van der Waals surface area contributed by atoms with Gasteiger partial charge in [0.25, 0.3) is 5.91 Å². The van der Waals surface area contributed by atoms with Crippen LogP contribution in [0.4, 0.5) is 5.69 Å². The van der Waals surface area contributed by atoms with Crippen molar-refractivity contribution >= 4 is 21.4 Å². The van der Waals surface area contributed by atoms with Crippen LogP contribution < -0.4 is 4.74 Å². The van der Waals surface area contributed by atoms with E-state index in [0.717, 1.165) is 0 Å². The summed E-state index contributed by atoms with van der Waals surface area (Å²) in [6.45, 7) is 3.62. The van der Waals surface area contributed by atoms with Gasteiger partial charge in [-0.25, -0.2) is 8.42 Å². The number of nitro benzene ring substituents is 1. The molecule has 2 atom stereocenters. The van der Waals surface area contributed by atoms with Gasteiger partial charge in [0.2, 0.25) is 0 Å². The molecule has 0 radical (unpaired) electrons. The van der Waals surface area contributed by atoms with Gasteiger partial charge >= 0.3 is 5.69 Å². The van der Waals surface area contributed by atoms with Crippen molar-refractivity contribution in [1.82, 2.24) is 4.90 Å². The molecule has 0 spiro atoms. The van der Waals surface area contributed by atoms with Gasteiger partial charge in [-0.2, -0.15) is 0 Å². The highest BCUT2D eigenvalue weighted by atomic mass is 32.2. The molecule has 1 heterocycles. The Kier molecular flexibility index (Phi) is 5.43. The fourth-order valence-corrected chi connectivity index (χ4v) is 4.53. The minimum absolute atomic E-state index is 0.0125. The maximum atomic E-state index is 12.6. The van der Waals surface area contributed by atoms with Gasteiger partial charge in [0.1, 0.15) is 0 Å². The monoisotopic (exact) mass is 356 g/mol. The number of benzene rings is 1. The van der Waals surface area contributed by atoms with E-state index in [0.29, 0.717) is 13.0 Å². The summed E-state index contributed by atoms with van der Waals surface area (Å²) in [4.78, 5) is 24.5. The van der Waals surface area contributed by atoms with Crippen molar-refractivity contribution in [3.8, 4) is 5.75 Å². The third-order valence-electron chi connectivity index (χ3n) is 3.99. The largest absolute Gasteiger partial charge is 0.474 e. The summed E-state index contributed by atoms with van der Waals surface area (Å²) in [5.74, 6) is -0.345. The van der Waals surface area contributed by atoms with Gasteiger partial charge in [-0.1, -0.05) is 12.1 Å². The number of rotatable bonds is 6. The second kappa shape index (κ2) is 7.16. The Morgan fingerprint density at radius 3 is 2.67 bits per heavy atom. The van der Waals surface area contributed by atoms with Crippen molar-refractivity contribution in [2.24, 2.45) is 0 Å². The summed E-state index contributed by atoms with van der Waals surface area (Å²) >= 11 is 0. The van der Waals surface area contributed by atoms with E-state index < -0.39 is 20.9 Å². The standard InChI is InChI=1S/C15H20N2O6S/c1-3-16(12-8-9-24(21,22)10-12)15(18)11(2)23-14-7-5-4-6-13(14)17(19)20/h4-7,11-12H,3,8-10H2,1-2H3/t11-,12-/m0/s1. The summed E-state index contributed by atoms with van der Waals surface area (Å²) < 4.78 is 28.7. The molecule has 0 N–H and O–H groups in total. The van der Waals surface area contributed by atoms with Crippen molar-refractivity contribution in [2.45, 2.75) is 32.4 Å². The lowest BCUT2D eigenvalue weighted by Crippen LogP contribution is -2.46. The van der Waals surface area contributed by atoms with Crippen LogP contribution in [0.5, 0.6) is 5.75 Å². The van der Waals surface area contributed by atoms with E-state index in [2.05, 4.69) is 0 Å². The van der Waals surface area contributed by atoms with Gasteiger partial charge in [-0.05, 0) is 26.3 Å². The lowest BCUT2D eigenvalue weighted by molar-refractivity contribution is -0.386.